The Bertz CT molecular complexity index is 794. The summed E-state index contributed by atoms with van der Waals surface area (Å²) in [5, 5.41) is 7.16. The van der Waals surface area contributed by atoms with Crippen molar-refractivity contribution in [1.29, 1.82) is 0 Å². The summed E-state index contributed by atoms with van der Waals surface area (Å²) in [6.45, 7) is 3.00. The van der Waals surface area contributed by atoms with E-state index in [1.54, 1.807) is 31.5 Å². The molecule has 0 saturated carbocycles. The average molecular weight is 539 g/mol. The van der Waals surface area contributed by atoms with Crippen LogP contribution in [0.15, 0.2) is 46.1 Å². The van der Waals surface area contributed by atoms with Gasteiger partial charge in [-0.3, -0.25) is 9.89 Å². The summed E-state index contributed by atoms with van der Waals surface area (Å²) in [5.41, 5.74) is 1.54. The molecule has 2 aromatic rings. The van der Waals surface area contributed by atoms with Crippen molar-refractivity contribution < 1.29 is 22.4 Å². The third-order valence-corrected chi connectivity index (χ3v) is 4.56. The lowest BCUT2D eigenvalue weighted by Crippen LogP contribution is -2.52. The highest BCUT2D eigenvalue weighted by Crippen LogP contribution is 2.22. The molecule has 1 aliphatic heterocycles. The fourth-order valence-corrected chi connectivity index (χ4v) is 3.12. The topological polar surface area (TPSA) is 66.1 Å². The molecule has 1 aromatic heterocycles. The largest absolute Gasteiger partial charge is 0.484 e. The highest BCUT2D eigenvalue weighted by atomic mass is 127. The zero-order valence-electron chi connectivity index (χ0n) is 16.6. The van der Waals surface area contributed by atoms with Gasteiger partial charge in [-0.25, -0.2) is 0 Å². The average Bonchev–Trinajstić information content (AvgIpc) is 3.21. The minimum atomic E-state index is -4.37. The van der Waals surface area contributed by atoms with E-state index in [-0.39, 0.29) is 29.7 Å². The van der Waals surface area contributed by atoms with Crippen molar-refractivity contribution in [3.05, 3.63) is 47.9 Å². The maximum Gasteiger partial charge on any atom is 0.422 e. The van der Waals surface area contributed by atoms with Crippen LogP contribution in [0.25, 0.3) is 0 Å². The summed E-state index contributed by atoms with van der Waals surface area (Å²) in [4.78, 5) is 8.71. The van der Waals surface area contributed by atoms with Crippen molar-refractivity contribution in [3.8, 4) is 5.75 Å². The summed E-state index contributed by atoms with van der Waals surface area (Å²) in [7, 11) is 1.69. The van der Waals surface area contributed by atoms with Gasteiger partial charge >= 0.3 is 6.18 Å². The van der Waals surface area contributed by atoms with Crippen molar-refractivity contribution in [1.82, 2.24) is 20.3 Å². The van der Waals surface area contributed by atoms with Crippen LogP contribution in [0.4, 0.5) is 13.2 Å². The van der Waals surface area contributed by atoms with Gasteiger partial charge in [-0.1, -0.05) is 23.4 Å². The van der Waals surface area contributed by atoms with Crippen molar-refractivity contribution in [2.24, 2.45) is 4.99 Å². The van der Waals surface area contributed by atoms with E-state index < -0.39 is 12.8 Å². The Morgan fingerprint density at radius 2 is 1.93 bits per heavy atom. The van der Waals surface area contributed by atoms with E-state index in [2.05, 4.69) is 25.3 Å². The van der Waals surface area contributed by atoms with Crippen molar-refractivity contribution in [2.45, 2.75) is 19.3 Å². The highest BCUT2D eigenvalue weighted by molar-refractivity contribution is 14.0. The Kier molecular flexibility index (Phi) is 9.21. The first-order valence-corrected chi connectivity index (χ1v) is 9.29. The second kappa shape index (κ2) is 11.4. The molecule has 0 aliphatic carbocycles. The zero-order valence-corrected chi connectivity index (χ0v) is 18.9. The molecule has 0 atom stereocenters. The van der Waals surface area contributed by atoms with Crippen LogP contribution >= 0.6 is 24.0 Å². The maximum atomic E-state index is 12.5. The minimum Gasteiger partial charge on any atom is -0.484 e. The molecule has 1 saturated heterocycles. The molecule has 1 aliphatic rings. The summed E-state index contributed by atoms with van der Waals surface area (Å²) in [5.74, 6) is 0.918. The molecule has 2 heterocycles. The molecule has 166 valence electrons. The van der Waals surface area contributed by atoms with Crippen LogP contribution < -0.4 is 10.1 Å². The standard InChI is InChI=1S/C19H24F3N5O2.HI/c1-23-18(27-9-7-26(8-10-27)13-16-6-11-29-25-16)24-12-15-4-2-3-5-17(15)28-14-19(20,21)22;/h2-6,11H,7-10,12-14H2,1H3,(H,23,24);1H. The molecule has 0 bridgehead atoms. The highest BCUT2D eigenvalue weighted by Gasteiger charge is 2.28. The Morgan fingerprint density at radius 1 is 1.20 bits per heavy atom. The summed E-state index contributed by atoms with van der Waals surface area (Å²) < 4.78 is 47.2. The van der Waals surface area contributed by atoms with Gasteiger partial charge in [0, 0.05) is 57.9 Å². The number of halogens is 4. The molecule has 1 aromatic carbocycles. The Morgan fingerprint density at radius 3 is 2.57 bits per heavy atom. The van der Waals surface area contributed by atoms with E-state index in [0.29, 0.717) is 18.1 Å². The lowest BCUT2D eigenvalue weighted by molar-refractivity contribution is -0.153. The number of benzene rings is 1. The first kappa shape index (κ1) is 24.3. The molecule has 0 unspecified atom stereocenters. The van der Waals surface area contributed by atoms with Crippen molar-refractivity contribution in [3.63, 3.8) is 0 Å². The van der Waals surface area contributed by atoms with Gasteiger partial charge in [0.05, 0.1) is 5.69 Å². The van der Waals surface area contributed by atoms with Gasteiger partial charge < -0.3 is 19.5 Å². The number of hydrogen-bond donors (Lipinski definition) is 1. The molecule has 7 nitrogen and oxygen atoms in total. The first-order valence-electron chi connectivity index (χ1n) is 9.29. The van der Waals surface area contributed by atoms with Crippen LogP contribution in [0, 0.1) is 0 Å². The number of rotatable bonds is 6. The number of ether oxygens (including phenoxy) is 1. The summed E-state index contributed by atoms with van der Waals surface area (Å²) in [6, 6.07) is 8.54. The number of alkyl halides is 3. The second-order valence-corrected chi connectivity index (χ2v) is 6.67. The lowest BCUT2D eigenvalue weighted by atomic mass is 10.2. The van der Waals surface area contributed by atoms with Crippen LogP contribution in [0.3, 0.4) is 0 Å². The van der Waals surface area contributed by atoms with Gasteiger partial charge in [-0.05, 0) is 6.07 Å². The molecule has 1 fully saturated rings. The van der Waals surface area contributed by atoms with Crippen LogP contribution in [-0.4, -0.2) is 66.9 Å². The van der Waals surface area contributed by atoms with E-state index >= 15 is 0 Å². The van der Waals surface area contributed by atoms with Gasteiger partial charge in [-0.15, -0.1) is 24.0 Å². The second-order valence-electron chi connectivity index (χ2n) is 6.67. The van der Waals surface area contributed by atoms with E-state index in [0.717, 1.165) is 38.4 Å². The van der Waals surface area contributed by atoms with E-state index in [9.17, 15) is 13.2 Å². The van der Waals surface area contributed by atoms with Crippen molar-refractivity contribution >= 4 is 29.9 Å². The number of nitrogens with zero attached hydrogens (tertiary/aromatic N) is 4. The number of aromatic nitrogens is 1. The van der Waals surface area contributed by atoms with E-state index in [4.69, 9.17) is 9.26 Å². The van der Waals surface area contributed by atoms with Gasteiger partial charge in [0.2, 0.25) is 0 Å². The molecular weight excluding hydrogens is 514 g/mol. The van der Waals surface area contributed by atoms with Crippen LogP contribution in [-0.2, 0) is 13.1 Å². The molecule has 3 rings (SSSR count). The fraction of sp³-hybridized carbons (Fsp3) is 0.474. The monoisotopic (exact) mass is 539 g/mol. The Balaban J connectivity index is 0.00000320. The molecule has 30 heavy (non-hydrogen) atoms. The summed E-state index contributed by atoms with van der Waals surface area (Å²) >= 11 is 0. The summed E-state index contributed by atoms with van der Waals surface area (Å²) in [6.07, 6.45) is -2.81. The predicted molar refractivity (Wildman–Crippen MR) is 117 cm³/mol. The minimum absolute atomic E-state index is 0. The maximum absolute atomic E-state index is 12.5. The normalized spacial score (nSPS) is 15.6. The SMILES string of the molecule is CN=C(NCc1ccccc1OCC(F)(F)F)N1CCN(Cc2ccon2)CC1.I. The van der Waals surface area contributed by atoms with Gasteiger partial charge in [0.25, 0.3) is 0 Å². The Labute approximate surface area is 190 Å². The Hall–Kier alpha value is -2.02. The lowest BCUT2D eigenvalue weighted by Gasteiger charge is -2.36. The number of nitrogens with one attached hydrogen (secondary N) is 1. The van der Waals surface area contributed by atoms with E-state index in [1.165, 1.54) is 6.07 Å². The number of piperazine rings is 1. The molecule has 0 radical (unpaired) electrons. The molecule has 0 amide bonds. The first-order chi connectivity index (χ1) is 13.9. The van der Waals surface area contributed by atoms with Crippen LogP contribution in [0.2, 0.25) is 0 Å². The zero-order chi connectivity index (χ0) is 20.7. The number of guanidine groups is 1. The molecule has 11 heteroatoms. The molecule has 0 spiro atoms. The number of hydrogen-bond acceptors (Lipinski definition) is 5. The third kappa shape index (κ3) is 7.35. The number of aliphatic imine (C=N–C) groups is 1. The van der Waals surface area contributed by atoms with Gasteiger partial charge in [0.15, 0.2) is 12.6 Å². The van der Waals surface area contributed by atoms with Crippen LogP contribution in [0.1, 0.15) is 11.3 Å². The van der Waals surface area contributed by atoms with Gasteiger partial charge in [-0.2, -0.15) is 13.2 Å². The number of para-hydroxylation sites is 1. The third-order valence-electron chi connectivity index (χ3n) is 4.56. The molecular formula is C19H25F3IN5O2. The fourth-order valence-electron chi connectivity index (χ4n) is 3.12. The predicted octanol–water partition coefficient (Wildman–Crippen LogP) is 3.13. The van der Waals surface area contributed by atoms with Gasteiger partial charge in [0.1, 0.15) is 12.0 Å². The quantitative estimate of drug-likeness (QED) is 0.346. The van der Waals surface area contributed by atoms with Crippen LogP contribution in [0.5, 0.6) is 5.75 Å². The van der Waals surface area contributed by atoms with E-state index in [1.807, 2.05) is 6.07 Å². The van der Waals surface area contributed by atoms with Crippen molar-refractivity contribution in [2.75, 3.05) is 39.8 Å². The smallest absolute Gasteiger partial charge is 0.422 e. The molecule has 1 N–H and O–H groups in total.